The van der Waals surface area contributed by atoms with Gasteiger partial charge in [-0.1, -0.05) is 0 Å². The molecule has 0 bridgehead atoms. The molecule has 1 fully saturated rings. The zero-order chi connectivity index (χ0) is 30.5. The van der Waals surface area contributed by atoms with Gasteiger partial charge in [-0.25, -0.2) is 36.8 Å². The highest BCUT2D eigenvalue weighted by Gasteiger charge is 2.32. The number of fused-ring (bicyclic) bond motifs is 1. The molecule has 4 rings (SSSR count). The summed E-state index contributed by atoms with van der Waals surface area (Å²) in [4.78, 5) is 36.8. The van der Waals surface area contributed by atoms with Crippen LogP contribution in [0.3, 0.4) is 0 Å². The van der Waals surface area contributed by atoms with Crippen molar-refractivity contribution in [3.05, 3.63) is 34.2 Å². The summed E-state index contributed by atoms with van der Waals surface area (Å²) >= 11 is 2.08. The Labute approximate surface area is 254 Å². The first-order chi connectivity index (χ1) is 18.9. The molecule has 11 nitrogen and oxygen atoms in total. The molecule has 1 saturated heterocycles. The van der Waals surface area contributed by atoms with E-state index in [9.17, 15) is 18.0 Å². The summed E-state index contributed by atoms with van der Waals surface area (Å²) in [7, 11) is -3.09. The third-order valence-corrected chi connectivity index (χ3v) is 8.91. The van der Waals surface area contributed by atoms with Gasteiger partial charge in [0.15, 0.2) is 5.65 Å². The van der Waals surface area contributed by atoms with E-state index in [2.05, 4.69) is 39.4 Å². The van der Waals surface area contributed by atoms with Crippen LogP contribution in [0.25, 0.3) is 22.4 Å². The zero-order valence-corrected chi connectivity index (χ0v) is 27.5. The lowest BCUT2D eigenvalue weighted by Gasteiger charge is -2.27. The average Bonchev–Trinajstić information content (AvgIpc) is 3.43. The Morgan fingerprint density at radius 1 is 1.07 bits per heavy atom. The lowest BCUT2D eigenvalue weighted by atomic mass is 10.1. The maximum absolute atomic E-state index is 13.7. The van der Waals surface area contributed by atoms with Crippen molar-refractivity contribution in [2.24, 2.45) is 0 Å². The second kappa shape index (κ2) is 11.0. The van der Waals surface area contributed by atoms with E-state index in [0.717, 1.165) is 19.4 Å². The number of halogens is 1. The maximum atomic E-state index is 13.7. The molecule has 1 aliphatic rings. The Balaban J connectivity index is 1.82. The third kappa shape index (κ3) is 6.76. The van der Waals surface area contributed by atoms with Gasteiger partial charge in [0.05, 0.1) is 20.4 Å². The first kappa shape index (κ1) is 31.0. The summed E-state index contributed by atoms with van der Waals surface area (Å²) in [6.07, 6.45) is 3.52. The number of anilines is 1. The summed E-state index contributed by atoms with van der Waals surface area (Å²) in [5, 5.41) is 0. The number of hydrogen-bond acceptors (Lipinski definition) is 9. The minimum Gasteiger partial charge on any atom is -0.443 e. The maximum Gasteiger partial charge on any atom is 0.424 e. The van der Waals surface area contributed by atoms with E-state index in [1.54, 1.807) is 53.8 Å². The van der Waals surface area contributed by atoms with E-state index in [-0.39, 0.29) is 10.9 Å². The average molecular weight is 698 g/mol. The number of nitrogens with zero attached hydrogens (tertiary/aromatic N) is 5. The largest absolute Gasteiger partial charge is 0.443 e. The fraction of sp³-hybridized carbons (Fsp3) is 0.500. The van der Waals surface area contributed by atoms with E-state index in [1.165, 1.54) is 23.9 Å². The van der Waals surface area contributed by atoms with Crippen LogP contribution in [0.15, 0.2) is 35.5 Å². The summed E-state index contributed by atoms with van der Waals surface area (Å²) in [6, 6.07) is 5.15. The number of amides is 1. The number of sulfonamides is 1. The smallest absolute Gasteiger partial charge is 0.424 e. The van der Waals surface area contributed by atoms with E-state index >= 15 is 0 Å². The van der Waals surface area contributed by atoms with Gasteiger partial charge < -0.3 is 14.4 Å². The summed E-state index contributed by atoms with van der Waals surface area (Å²) in [5.41, 5.74) is 0.880. The predicted octanol–water partition coefficient (Wildman–Crippen LogP) is 6.03. The molecular weight excluding hydrogens is 661 g/mol. The monoisotopic (exact) mass is 697 g/mol. The minimum absolute atomic E-state index is 0.0691. The van der Waals surface area contributed by atoms with Crippen molar-refractivity contribution in [1.82, 2.24) is 18.8 Å². The molecule has 222 valence electrons. The van der Waals surface area contributed by atoms with Crippen LogP contribution < -0.4 is 4.90 Å². The Bertz CT molecular complexity index is 1610. The number of benzene rings is 1. The number of carbonyl (C=O) groups excluding carboxylic acids is 2. The number of hydrogen-bond donors (Lipinski definition) is 0. The molecule has 0 aliphatic carbocycles. The van der Waals surface area contributed by atoms with Crippen LogP contribution in [0.2, 0.25) is 0 Å². The van der Waals surface area contributed by atoms with Crippen molar-refractivity contribution in [3.8, 4) is 11.3 Å². The Morgan fingerprint density at radius 3 is 2.32 bits per heavy atom. The zero-order valence-electron chi connectivity index (χ0n) is 24.6. The second-order valence-electron chi connectivity index (χ2n) is 12.1. The van der Waals surface area contributed by atoms with Crippen LogP contribution in [-0.4, -0.2) is 70.3 Å². The van der Waals surface area contributed by atoms with Crippen LogP contribution in [0, 0.1) is 3.57 Å². The van der Waals surface area contributed by atoms with Gasteiger partial charge in [0, 0.05) is 37.1 Å². The lowest BCUT2D eigenvalue weighted by Crippen LogP contribution is -2.38. The van der Waals surface area contributed by atoms with Crippen LogP contribution in [0.5, 0.6) is 0 Å². The van der Waals surface area contributed by atoms with Crippen LogP contribution >= 0.6 is 22.6 Å². The first-order valence-electron chi connectivity index (χ1n) is 13.3. The SMILES string of the molecule is C[C@@H]1CCCN1c1cc(-c2cnc3c(n2)c(I)cn3C(=O)OC(C)(C)C)cc(S(=O)(=O)N(C)C(=O)OC(C)(C)C)c1. The molecule has 13 heteroatoms. The molecule has 0 unspecified atom stereocenters. The lowest BCUT2D eigenvalue weighted by molar-refractivity contribution is 0.0419. The molecule has 3 aromatic rings. The van der Waals surface area contributed by atoms with Gasteiger partial charge in [-0.2, -0.15) is 0 Å². The summed E-state index contributed by atoms with van der Waals surface area (Å²) in [6.45, 7) is 13.2. The second-order valence-corrected chi connectivity index (χ2v) is 15.2. The molecule has 2 aromatic heterocycles. The Hall–Kier alpha value is -2.94. The Morgan fingerprint density at radius 2 is 1.73 bits per heavy atom. The van der Waals surface area contributed by atoms with Crippen molar-refractivity contribution >= 4 is 61.7 Å². The third-order valence-electron chi connectivity index (χ3n) is 6.42. The van der Waals surface area contributed by atoms with E-state index in [4.69, 9.17) is 14.5 Å². The van der Waals surface area contributed by atoms with Gasteiger partial charge in [0.2, 0.25) is 0 Å². The molecule has 1 atom stereocenters. The van der Waals surface area contributed by atoms with E-state index in [1.807, 2.05) is 6.07 Å². The highest BCUT2D eigenvalue weighted by Crippen LogP contribution is 2.34. The van der Waals surface area contributed by atoms with Gasteiger partial charge in [0.25, 0.3) is 10.0 Å². The molecule has 0 N–H and O–H groups in total. The first-order valence-corrected chi connectivity index (χ1v) is 15.8. The van der Waals surface area contributed by atoms with Crippen LogP contribution in [-0.2, 0) is 19.5 Å². The van der Waals surface area contributed by atoms with Crippen molar-refractivity contribution < 1.29 is 27.5 Å². The van der Waals surface area contributed by atoms with Crippen molar-refractivity contribution in [3.63, 3.8) is 0 Å². The number of aromatic nitrogens is 3. The van der Waals surface area contributed by atoms with Gasteiger partial charge in [-0.3, -0.25) is 0 Å². The topological polar surface area (TPSA) is 124 Å². The highest BCUT2D eigenvalue weighted by molar-refractivity contribution is 14.1. The van der Waals surface area contributed by atoms with Crippen LogP contribution in [0.4, 0.5) is 15.3 Å². The molecule has 0 radical (unpaired) electrons. The molecular formula is C28H36IN5O6S. The summed E-state index contributed by atoms with van der Waals surface area (Å²) < 4.78 is 40.8. The Kier molecular flexibility index (Phi) is 8.35. The van der Waals surface area contributed by atoms with E-state index in [0.29, 0.717) is 36.0 Å². The molecule has 41 heavy (non-hydrogen) atoms. The van der Waals surface area contributed by atoms with Crippen LogP contribution in [0.1, 0.15) is 61.3 Å². The highest BCUT2D eigenvalue weighted by atomic mass is 127. The molecule has 3 heterocycles. The fourth-order valence-corrected chi connectivity index (χ4v) is 6.23. The van der Waals surface area contributed by atoms with Gasteiger partial charge in [-0.15, -0.1) is 0 Å². The molecule has 1 amide bonds. The summed E-state index contributed by atoms with van der Waals surface area (Å²) in [5.74, 6) is 0. The fourth-order valence-electron chi connectivity index (χ4n) is 4.49. The minimum atomic E-state index is -4.27. The van der Waals surface area contributed by atoms with E-state index < -0.39 is 33.4 Å². The molecule has 0 saturated carbocycles. The molecule has 0 spiro atoms. The van der Waals surface area contributed by atoms with Gasteiger partial charge >= 0.3 is 12.2 Å². The number of ether oxygens (including phenoxy) is 2. The molecule has 1 aliphatic heterocycles. The van der Waals surface area contributed by atoms with Crippen molar-refractivity contribution in [2.75, 3.05) is 18.5 Å². The van der Waals surface area contributed by atoms with Gasteiger partial charge in [-0.05, 0) is 102 Å². The van der Waals surface area contributed by atoms with Crippen molar-refractivity contribution in [1.29, 1.82) is 0 Å². The number of carbonyl (C=O) groups is 2. The quantitative estimate of drug-likeness (QED) is 0.301. The predicted molar refractivity (Wildman–Crippen MR) is 165 cm³/mol. The number of rotatable bonds is 4. The van der Waals surface area contributed by atoms with Gasteiger partial charge in [0.1, 0.15) is 16.7 Å². The van der Waals surface area contributed by atoms with Crippen molar-refractivity contribution in [2.45, 2.75) is 83.4 Å². The standard InChI is InChI=1S/C28H36IN5O6S/c1-17-10-9-11-33(17)19-12-18(13-20(14-19)41(37,38)32(8)25(35)39-27(2,3)4)22-15-30-24-23(31-22)21(29)16-34(24)26(36)40-28(5,6)7/h12-17H,9-11H2,1-8H3/t17-/m1/s1. The normalized spacial score (nSPS) is 16.2. The molecule has 1 aromatic carbocycles.